The maximum atomic E-state index is 9.12. The second-order valence-corrected chi connectivity index (χ2v) is 9.02. The van der Waals surface area contributed by atoms with Crippen LogP contribution in [0.2, 0.25) is 0 Å². The monoisotopic (exact) mass is 480 g/mol. The first-order chi connectivity index (χ1) is 17.8. The van der Waals surface area contributed by atoms with E-state index in [4.69, 9.17) is 5.11 Å². The van der Waals surface area contributed by atoms with Gasteiger partial charge in [0.05, 0.1) is 36.7 Å². The number of fused-ring (bicyclic) bond motifs is 1. The summed E-state index contributed by atoms with van der Waals surface area (Å²) in [6.45, 7) is 4.04. The van der Waals surface area contributed by atoms with Gasteiger partial charge in [-0.2, -0.15) is 10.2 Å². The number of rotatable bonds is 7. The molecule has 9 nitrogen and oxygen atoms in total. The van der Waals surface area contributed by atoms with Gasteiger partial charge in [-0.05, 0) is 17.2 Å². The summed E-state index contributed by atoms with van der Waals surface area (Å²) in [6, 6.07) is 14.6. The second kappa shape index (κ2) is 9.79. The van der Waals surface area contributed by atoms with Gasteiger partial charge in [-0.3, -0.25) is 4.68 Å². The molecule has 0 saturated carbocycles. The fourth-order valence-corrected chi connectivity index (χ4v) is 4.70. The third kappa shape index (κ3) is 4.52. The van der Waals surface area contributed by atoms with Crippen molar-refractivity contribution in [3.8, 4) is 11.1 Å². The van der Waals surface area contributed by atoms with E-state index in [1.165, 1.54) is 5.56 Å². The van der Waals surface area contributed by atoms with Crippen LogP contribution in [-0.2, 0) is 13.0 Å². The minimum atomic E-state index is 0.0711. The highest BCUT2D eigenvalue weighted by atomic mass is 16.3. The molecule has 1 saturated heterocycles. The van der Waals surface area contributed by atoms with Crippen molar-refractivity contribution in [3.05, 3.63) is 90.8 Å². The minimum absolute atomic E-state index is 0.0711. The van der Waals surface area contributed by atoms with Crippen LogP contribution in [0.4, 0.5) is 11.6 Å². The Morgan fingerprint density at radius 2 is 1.50 bits per heavy atom. The van der Waals surface area contributed by atoms with Gasteiger partial charge in [-0.15, -0.1) is 0 Å². The zero-order valence-electron chi connectivity index (χ0n) is 20.0. The highest BCUT2D eigenvalue weighted by molar-refractivity contribution is 5.75. The van der Waals surface area contributed by atoms with Gasteiger partial charge in [0.1, 0.15) is 0 Å². The normalized spacial score (nSPS) is 14.0. The SMILES string of the molecule is OCCn1cc(-c2ccc3c(N4CCN(c5ncc(Cc6ccccc6)cn5)CC4)cnn3c2)cn1. The van der Waals surface area contributed by atoms with Gasteiger partial charge in [0, 0.05) is 68.5 Å². The molecule has 6 rings (SSSR count). The van der Waals surface area contributed by atoms with Crippen molar-refractivity contribution < 1.29 is 5.11 Å². The van der Waals surface area contributed by atoms with E-state index in [9.17, 15) is 0 Å². The molecule has 0 bridgehead atoms. The van der Waals surface area contributed by atoms with Gasteiger partial charge in [-0.1, -0.05) is 36.4 Å². The van der Waals surface area contributed by atoms with Crippen LogP contribution in [0.3, 0.4) is 0 Å². The zero-order valence-corrected chi connectivity index (χ0v) is 20.0. The van der Waals surface area contributed by atoms with Gasteiger partial charge < -0.3 is 14.9 Å². The summed E-state index contributed by atoms with van der Waals surface area (Å²) in [4.78, 5) is 13.9. The van der Waals surface area contributed by atoms with Crippen molar-refractivity contribution in [1.29, 1.82) is 0 Å². The lowest BCUT2D eigenvalue weighted by Crippen LogP contribution is -2.47. The van der Waals surface area contributed by atoms with Crippen molar-refractivity contribution in [2.45, 2.75) is 13.0 Å². The Bertz CT molecular complexity index is 1440. The third-order valence-corrected chi connectivity index (χ3v) is 6.64. The molecule has 4 aromatic heterocycles. The molecule has 9 heteroatoms. The molecule has 0 amide bonds. The second-order valence-electron chi connectivity index (χ2n) is 9.02. The molecule has 0 atom stereocenters. The Kier molecular flexibility index (Phi) is 6.05. The Morgan fingerprint density at radius 3 is 2.28 bits per heavy atom. The summed E-state index contributed by atoms with van der Waals surface area (Å²) in [6.07, 6.45) is 12.5. The molecule has 1 N–H and O–H groups in total. The van der Waals surface area contributed by atoms with Gasteiger partial charge in [-0.25, -0.2) is 14.5 Å². The van der Waals surface area contributed by atoms with Crippen LogP contribution in [0.1, 0.15) is 11.1 Å². The molecule has 36 heavy (non-hydrogen) atoms. The van der Waals surface area contributed by atoms with Crippen LogP contribution in [0.5, 0.6) is 0 Å². The number of hydrogen-bond donors (Lipinski definition) is 1. The van der Waals surface area contributed by atoms with Crippen LogP contribution in [-0.4, -0.2) is 67.3 Å². The van der Waals surface area contributed by atoms with E-state index in [1.54, 1.807) is 4.68 Å². The lowest BCUT2D eigenvalue weighted by Gasteiger charge is -2.35. The van der Waals surface area contributed by atoms with E-state index < -0.39 is 0 Å². The number of piperazine rings is 1. The average molecular weight is 481 g/mol. The van der Waals surface area contributed by atoms with E-state index in [0.717, 1.165) is 66.4 Å². The molecular weight excluding hydrogens is 452 g/mol. The van der Waals surface area contributed by atoms with Crippen molar-refractivity contribution in [3.63, 3.8) is 0 Å². The first kappa shape index (κ1) is 22.2. The zero-order chi connectivity index (χ0) is 24.3. The van der Waals surface area contributed by atoms with Crippen LogP contribution >= 0.6 is 0 Å². The summed E-state index contributed by atoms with van der Waals surface area (Å²) in [5.41, 5.74) is 6.65. The van der Waals surface area contributed by atoms with Crippen molar-refractivity contribution >= 4 is 17.2 Å². The molecule has 5 heterocycles. The highest BCUT2D eigenvalue weighted by Crippen LogP contribution is 2.27. The molecule has 1 aliphatic heterocycles. The van der Waals surface area contributed by atoms with Crippen LogP contribution in [0, 0.1) is 0 Å². The quantitative estimate of drug-likeness (QED) is 0.383. The van der Waals surface area contributed by atoms with Crippen LogP contribution in [0.15, 0.2) is 79.6 Å². The lowest BCUT2D eigenvalue weighted by atomic mass is 10.1. The van der Waals surface area contributed by atoms with Crippen molar-refractivity contribution in [2.24, 2.45) is 0 Å². The predicted octanol–water partition coefficient (Wildman–Crippen LogP) is 2.90. The van der Waals surface area contributed by atoms with E-state index in [2.05, 4.69) is 66.4 Å². The van der Waals surface area contributed by atoms with Gasteiger partial charge in [0.2, 0.25) is 5.95 Å². The van der Waals surface area contributed by atoms with Gasteiger partial charge in [0.15, 0.2) is 0 Å². The Hall–Kier alpha value is -4.24. The molecule has 0 radical (unpaired) electrons. The number of anilines is 2. The number of aliphatic hydroxyl groups excluding tert-OH is 1. The Balaban J connectivity index is 1.11. The first-order valence-electron chi connectivity index (χ1n) is 12.2. The number of nitrogens with zero attached hydrogens (tertiary/aromatic N) is 8. The largest absolute Gasteiger partial charge is 0.394 e. The molecule has 1 fully saturated rings. The minimum Gasteiger partial charge on any atom is -0.394 e. The van der Waals surface area contributed by atoms with E-state index >= 15 is 0 Å². The fourth-order valence-electron chi connectivity index (χ4n) is 4.70. The molecule has 0 aliphatic carbocycles. The van der Waals surface area contributed by atoms with E-state index in [1.807, 2.05) is 47.8 Å². The van der Waals surface area contributed by atoms with E-state index in [0.29, 0.717) is 6.54 Å². The predicted molar refractivity (Wildman–Crippen MR) is 139 cm³/mol. The average Bonchev–Trinajstić information content (AvgIpc) is 3.57. The topological polar surface area (TPSA) is 87.6 Å². The number of pyridine rings is 1. The van der Waals surface area contributed by atoms with Crippen LogP contribution < -0.4 is 9.80 Å². The maximum Gasteiger partial charge on any atom is 0.225 e. The lowest BCUT2D eigenvalue weighted by molar-refractivity contribution is 0.269. The summed E-state index contributed by atoms with van der Waals surface area (Å²) >= 11 is 0. The molecule has 5 aromatic rings. The highest BCUT2D eigenvalue weighted by Gasteiger charge is 2.21. The van der Waals surface area contributed by atoms with Gasteiger partial charge in [0.25, 0.3) is 0 Å². The fraction of sp³-hybridized carbons (Fsp3) is 0.259. The number of aromatic nitrogens is 6. The molecule has 0 spiro atoms. The van der Waals surface area contributed by atoms with Crippen molar-refractivity contribution in [1.82, 2.24) is 29.4 Å². The Morgan fingerprint density at radius 1 is 0.722 bits per heavy atom. The molecule has 182 valence electrons. The molecular formula is C27H28N8O. The number of aliphatic hydroxyl groups is 1. The van der Waals surface area contributed by atoms with Crippen LogP contribution in [0.25, 0.3) is 16.6 Å². The van der Waals surface area contributed by atoms with Gasteiger partial charge >= 0.3 is 0 Å². The molecule has 0 unspecified atom stereocenters. The molecule has 1 aromatic carbocycles. The van der Waals surface area contributed by atoms with E-state index in [-0.39, 0.29) is 6.61 Å². The standard InChI is InChI=1S/C27H28N8O/c36-13-12-34-19-24(17-30-34)23-6-7-25-26(18-31-35(25)20-23)32-8-10-33(11-9-32)27-28-15-22(16-29-27)14-21-4-2-1-3-5-21/h1-7,15-20,36H,8-14H2. The first-order valence-corrected chi connectivity index (χ1v) is 12.2. The molecule has 1 aliphatic rings. The Labute approximate surface area is 209 Å². The number of hydrogen-bond acceptors (Lipinski definition) is 7. The summed E-state index contributed by atoms with van der Waals surface area (Å²) < 4.78 is 3.67. The number of benzene rings is 1. The van der Waals surface area contributed by atoms with Crippen molar-refractivity contribution in [2.75, 3.05) is 42.6 Å². The maximum absolute atomic E-state index is 9.12. The summed E-state index contributed by atoms with van der Waals surface area (Å²) in [5, 5.41) is 18.0. The third-order valence-electron chi connectivity index (χ3n) is 6.64. The summed E-state index contributed by atoms with van der Waals surface area (Å²) in [7, 11) is 0. The smallest absolute Gasteiger partial charge is 0.225 e. The summed E-state index contributed by atoms with van der Waals surface area (Å²) in [5.74, 6) is 0.790.